The Morgan fingerprint density at radius 2 is 2.04 bits per heavy atom. The number of halogens is 1. The molecule has 1 aromatic heterocycles. The van der Waals surface area contributed by atoms with Gasteiger partial charge in [-0.05, 0) is 47.9 Å². The summed E-state index contributed by atoms with van der Waals surface area (Å²) in [6.07, 6.45) is 3.40. The highest BCUT2D eigenvalue weighted by molar-refractivity contribution is 6.30. The van der Waals surface area contributed by atoms with Gasteiger partial charge in [0.05, 0.1) is 6.54 Å². The van der Waals surface area contributed by atoms with Crippen molar-refractivity contribution in [3.05, 3.63) is 65.7 Å². The first-order chi connectivity index (χ1) is 11.6. The molecule has 0 saturated carbocycles. The van der Waals surface area contributed by atoms with Crippen molar-refractivity contribution in [2.75, 3.05) is 5.32 Å². The van der Waals surface area contributed by atoms with Crippen molar-refractivity contribution in [2.45, 2.75) is 19.9 Å². The van der Waals surface area contributed by atoms with Crippen LogP contribution in [0.25, 0.3) is 11.1 Å². The summed E-state index contributed by atoms with van der Waals surface area (Å²) in [5.74, 6) is -0.0518. The van der Waals surface area contributed by atoms with E-state index in [0.29, 0.717) is 18.0 Å². The fourth-order valence-corrected chi connectivity index (χ4v) is 2.62. The van der Waals surface area contributed by atoms with Gasteiger partial charge in [-0.15, -0.1) is 0 Å². The van der Waals surface area contributed by atoms with Crippen molar-refractivity contribution in [3.8, 4) is 11.1 Å². The van der Waals surface area contributed by atoms with Crippen molar-refractivity contribution in [3.63, 3.8) is 0 Å². The predicted molar refractivity (Wildman–Crippen MR) is 94.9 cm³/mol. The Morgan fingerprint density at radius 1 is 1.21 bits per heavy atom. The van der Waals surface area contributed by atoms with Gasteiger partial charge in [0.15, 0.2) is 0 Å². The Labute approximate surface area is 145 Å². The van der Waals surface area contributed by atoms with E-state index in [1.165, 1.54) is 6.33 Å². The maximum absolute atomic E-state index is 12.1. The first-order valence-corrected chi connectivity index (χ1v) is 7.98. The number of aromatic nitrogens is 3. The monoisotopic (exact) mass is 340 g/mol. The Morgan fingerprint density at radius 3 is 2.75 bits per heavy atom. The molecule has 1 N–H and O–H groups in total. The number of benzene rings is 2. The second-order valence-electron chi connectivity index (χ2n) is 5.50. The van der Waals surface area contributed by atoms with E-state index < -0.39 is 0 Å². The summed E-state index contributed by atoms with van der Waals surface area (Å²) in [5, 5.41) is 7.62. The van der Waals surface area contributed by atoms with Crippen LogP contribution in [0.15, 0.2) is 55.1 Å². The first kappa shape index (κ1) is 16.2. The number of nitrogens with zero attached hydrogens (tertiary/aromatic N) is 3. The smallest absolute Gasteiger partial charge is 0.226 e. The Balaban J connectivity index is 1.67. The molecule has 2 aromatic carbocycles. The number of anilines is 1. The van der Waals surface area contributed by atoms with Crippen LogP contribution < -0.4 is 5.32 Å². The van der Waals surface area contributed by atoms with Crippen LogP contribution in [0.2, 0.25) is 5.02 Å². The number of hydrogen-bond donors (Lipinski definition) is 1. The summed E-state index contributed by atoms with van der Waals surface area (Å²) in [5.41, 5.74) is 3.93. The van der Waals surface area contributed by atoms with Crippen molar-refractivity contribution < 1.29 is 4.79 Å². The van der Waals surface area contributed by atoms with Gasteiger partial charge >= 0.3 is 0 Å². The highest BCUT2D eigenvalue weighted by atomic mass is 35.5. The van der Waals surface area contributed by atoms with Gasteiger partial charge in [-0.2, -0.15) is 5.10 Å². The molecule has 122 valence electrons. The normalized spacial score (nSPS) is 10.6. The van der Waals surface area contributed by atoms with Crippen LogP contribution in [0.1, 0.15) is 12.0 Å². The largest absolute Gasteiger partial charge is 0.326 e. The molecule has 0 bridgehead atoms. The number of nitrogens with one attached hydrogen (secondary N) is 1. The molecule has 6 heteroatoms. The van der Waals surface area contributed by atoms with Crippen LogP contribution in [-0.4, -0.2) is 20.7 Å². The van der Waals surface area contributed by atoms with Crippen molar-refractivity contribution in [1.29, 1.82) is 0 Å². The van der Waals surface area contributed by atoms with Gasteiger partial charge < -0.3 is 5.32 Å². The van der Waals surface area contributed by atoms with Gasteiger partial charge in [0.25, 0.3) is 0 Å². The highest BCUT2D eigenvalue weighted by Crippen LogP contribution is 2.26. The molecule has 24 heavy (non-hydrogen) atoms. The molecule has 0 unspecified atom stereocenters. The van der Waals surface area contributed by atoms with Gasteiger partial charge in [-0.25, -0.2) is 4.98 Å². The molecule has 0 atom stereocenters. The van der Waals surface area contributed by atoms with Crippen LogP contribution in [0.5, 0.6) is 0 Å². The zero-order valence-corrected chi connectivity index (χ0v) is 14.0. The van der Waals surface area contributed by atoms with Crippen molar-refractivity contribution >= 4 is 23.2 Å². The summed E-state index contributed by atoms with van der Waals surface area (Å²) in [7, 11) is 0. The van der Waals surface area contributed by atoms with E-state index in [9.17, 15) is 4.79 Å². The van der Waals surface area contributed by atoms with E-state index in [4.69, 9.17) is 11.6 Å². The molecule has 0 aliphatic heterocycles. The van der Waals surface area contributed by atoms with E-state index in [2.05, 4.69) is 15.4 Å². The van der Waals surface area contributed by atoms with Crippen molar-refractivity contribution in [1.82, 2.24) is 14.8 Å². The SMILES string of the molecule is Cc1cc(-c2cccc(Cl)c2)ccc1NC(=O)CCn1cncn1. The Kier molecular flexibility index (Phi) is 4.91. The predicted octanol–water partition coefficient (Wildman–Crippen LogP) is 3.94. The zero-order chi connectivity index (χ0) is 16.9. The zero-order valence-electron chi connectivity index (χ0n) is 13.2. The van der Waals surface area contributed by atoms with E-state index in [1.54, 1.807) is 11.0 Å². The van der Waals surface area contributed by atoms with Crippen molar-refractivity contribution in [2.24, 2.45) is 0 Å². The minimum atomic E-state index is -0.0518. The molecule has 5 nitrogen and oxygen atoms in total. The third-order valence-electron chi connectivity index (χ3n) is 3.69. The molecule has 0 aliphatic carbocycles. The molecule has 0 spiro atoms. The number of amides is 1. The lowest BCUT2D eigenvalue weighted by molar-refractivity contribution is -0.116. The van der Waals surface area contributed by atoms with Gasteiger partial charge in [0.1, 0.15) is 12.7 Å². The summed E-state index contributed by atoms with van der Waals surface area (Å²) in [6.45, 7) is 2.48. The fraction of sp³-hybridized carbons (Fsp3) is 0.167. The molecule has 0 fully saturated rings. The number of rotatable bonds is 5. The summed E-state index contributed by atoms with van der Waals surface area (Å²) in [4.78, 5) is 15.9. The lowest BCUT2D eigenvalue weighted by atomic mass is 10.0. The average Bonchev–Trinajstić information content (AvgIpc) is 3.08. The van der Waals surface area contributed by atoms with Gasteiger partial charge in [-0.3, -0.25) is 9.48 Å². The molecule has 3 rings (SSSR count). The standard InChI is InChI=1S/C18H17ClN4O/c1-13-9-15(14-3-2-4-16(19)10-14)5-6-17(13)22-18(24)7-8-23-12-20-11-21-23/h2-6,9-12H,7-8H2,1H3,(H,22,24). The topological polar surface area (TPSA) is 59.8 Å². The third kappa shape index (κ3) is 4.00. The summed E-state index contributed by atoms with van der Waals surface area (Å²) >= 11 is 6.04. The van der Waals surface area contributed by atoms with Crippen LogP contribution in [0, 0.1) is 6.92 Å². The Bertz CT molecular complexity index is 846. The highest BCUT2D eigenvalue weighted by Gasteiger charge is 2.07. The van der Waals surface area contributed by atoms with E-state index in [-0.39, 0.29) is 5.91 Å². The molecule has 1 heterocycles. The van der Waals surface area contributed by atoms with E-state index in [1.807, 2.05) is 49.4 Å². The molecular formula is C18H17ClN4O. The molecule has 0 aliphatic rings. The second-order valence-corrected chi connectivity index (χ2v) is 5.93. The van der Waals surface area contributed by atoms with Crippen LogP contribution >= 0.6 is 11.6 Å². The number of carbonyl (C=O) groups is 1. The first-order valence-electron chi connectivity index (χ1n) is 7.61. The summed E-state index contributed by atoms with van der Waals surface area (Å²) in [6, 6.07) is 13.6. The third-order valence-corrected chi connectivity index (χ3v) is 3.93. The molecule has 1 amide bonds. The molecule has 0 saturated heterocycles. The number of hydrogen-bond acceptors (Lipinski definition) is 3. The number of aryl methyl sites for hydroxylation is 2. The van der Waals surface area contributed by atoms with Crippen LogP contribution in [-0.2, 0) is 11.3 Å². The van der Waals surface area contributed by atoms with Gasteiger partial charge in [-0.1, -0.05) is 29.8 Å². The average molecular weight is 341 g/mol. The van der Waals surface area contributed by atoms with E-state index >= 15 is 0 Å². The second kappa shape index (κ2) is 7.27. The quantitative estimate of drug-likeness (QED) is 0.765. The van der Waals surface area contributed by atoms with Crippen LogP contribution in [0.4, 0.5) is 5.69 Å². The van der Waals surface area contributed by atoms with E-state index in [0.717, 1.165) is 22.4 Å². The molecular weight excluding hydrogens is 324 g/mol. The number of carbonyl (C=O) groups excluding carboxylic acids is 1. The Hall–Kier alpha value is -2.66. The van der Waals surface area contributed by atoms with Gasteiger partial charge in [0, 0.05) is 17.1 Å². The molecule has 0 radical (unpaired) electrons. The minimum Gasteiger partial charge on any atom is -0.326 e. The lowest BCUT2D eigenvalue weighted by Crippen LogP contribution is -2.15. The lowest BCUT2D eigenvalue weighted by Gasteiger charge is -2.11. The molecule has 3 aromatic rings. The fourth-order valence-electron chi connectivity index (χ4n) is 2.43. The maximum atomic E-state index is 12.1. The maximum Gasteiger partial charge on any atom is 0.226 e. The van der Waals surface area contributed by atoms with Gasteiger partial charge in [0.2, 0.25) is 5.91 Å². The van der Waals surface area contributed by atoms with Crippen LogP contribution in [0.3, 0.4) is 0 Å². The minimum absolute atomic E-state index is 0.0518. The summed E-state index contributed by atoms with van der Waals surface area (Å²) < 4.78 is 1.63.